The van der Waals surface area contributed by atoms with Crippen molar-refractivity contribution in [2.45, 2.75) is 382 Å². The Morgan fingerprint density at radius 1 is 0.304 bits per heavy atom. The molecule has 0 aromatic carbocycles. The zero-order valence-electron chi connectivity index (χ0n) is 60.2. The van der Waals surface area contributed by atoms with Gasteiger partial charge in [0, 0.05) is 25.7 Å². The molecule has 0 bridgehead atoms. The molecule has 0 fully saturated rings. The number of phosphoric ester groups is 2. The number of ether oxygens (including phenoxy) is 4. The Labute approximate surface area is 562 Å². The van der Waals surface area contributed by atoms with Gasteiger partial charge in [0.2, 0.25) is 0 Å². The van der Waals surface area contributed by atoms with Crippen molar-refractivity contribution in [2.75, 3.05) is 39.6 Å². The first kappa shape index (κ1) is 90.1. The molecule has 0 saturated heterocycles. The molecule has 17 nitrogen and oxygen atoms in total. The Bertz CT molecular complexity index is 1820. The molecule has 0 aromatic rings. The van der Waals surface area contributed by atoms with Crippen LogP contribution in [0.5, 0.6) is 0 Å². The molecule has 0 aliphatic carbocycles. The number of aliphatic hydroxyl groups is 1. The molecule has 19 heteroatoms. The smallest absolute Gasteiger partial charge is 0.462 e. The van der Waals surface area contributed by atoms with E-state index in [1.54, 1.807) is 0 Å². The normalized spacial score (nSPS) is 14.8. The zero-order chi connectivity index (χ0) is 68.2. The molecule has 0 rings (SSSR count). The van der Waals surface area contributed by atoms with Crippen molar-refractivity contribution in [1.29, 1.82) is 0 Å². The highest BCUT2D eigenvalue weighted by molar-refractivity contribution is 7.47. The molecule has 92 heavy (non-hydrogen) atoms. The Balaban J connectivity index is 5.24. The summed E-state index contributed by atoms with van der Waals surface area (Å²) in [5.74, 6) is 0.907. The van der Waals surface area contributed by atoms with Crippen molar-refractivity contribution < 1.29 is 80.2 Å². The summed E-state index contributed by atoms with van der Waals surface area (Å²) in [6.45, 7) is 14.1. The van der Waals surface area contributed by atoms with Gasteiger partial charge in [-0.15, -0.1) is 0 Å². The summed E-state index contributed by atoms with van der Waals surface area (Å²) in [7, 11) is -9.91. The topological polar surface area (TPSA) is 237 Å². The van der Waals surface area contributed by atoms with Crippen LogP contribution in [-0.4, -0.2) is 96.7 Å². The number of aliphatic hydroxyl groups excluding tert-OH is 1. The summed E-state index contributed by atoms with van der Waals surface area (Å²) in [6.07, 6.45) is 45.8. The number of unbranched alkanes of at least 4 members (excludes halogenated alkanes) is 34. The Hall–Kier alpha value is -1.94. The second-order valence-corrected chi connectivity index (χ2v) is 30.7. The molecule has 0 heterocycles. The van der Waals surface area contributed by atoms with E-state index in [0.29, 0.717) is 25.7 Å². The average molecular weight is 1350 g/mol. The minimum Gasteiger partial charge on any atom is -0.462 e. The van der Waals surface area contributed by atoms with Gasteiger partial charge in [0.05, 0.1) is 26.4 Å². The number of hydrogen-bond acceptors (Lipinski definition) is 15. The summed E-state index contributed by atoms with van der Waals surface area (Å²) < 4.78 is 68.4. The Morgan fingerprint density at radius 3 is 0.772 bits per heavy atom. The zero-order valence-corrected chi connectivity index (χ0v) is 62.0. The maximum Gasteiger partial charge on any atom is 0.472 e. The van der Waals surface area contributed by atoms with Gasteiger partial charge in [-0.05, 0) is 49.4 Å². The summed E-state index contributed by atoms with van der Waals surface area (Å²) in [6, 6.07) is 0. The van der Waals surface area contributed by atoms with E-state index in [0.717, 1.165) is 126 Å². The largest absolute Gasteiger partial charge is 0.472 e. The first-order chi connectivity index (χ1) is 44.2. The maximum atomic E-state index is 13.0. The molecular formula is C73H142O17P2. The van der Waals surface area contributed by atoms with Crippen molar-refractivity contribution in [3.05, 3.63) is 0 Å². The quantitative estimate of drug-likeness (QED) is 0.0222. The molecular weight excluding hydrogens is 1210 g/mol. The molecule has 7 atom stereocenters. The van der Waals surface area contributed by atoms with Crippen LogP contribution >= 0.6 is 15.6 Å². The standard InChI is InChI=1S/C73H142O17P2/c1-9-65(7)51-43-35-29-31-37-45-53-70(75)83-59-68(89-72(77)55-47-39-27-23-19-14-12-11-13-17-21-25-33-41-49-63(3)4)61-87-91(79,80)85-57-67(74)58-86-92(81,82)88-62-69(60-84-71(76)54-46-38-32-30-36-44-52-66(8)10-2)90-73(78)56-48-40-28-24-20-16-15-18-22-26-34-42-50-64(5)6/h63-69,74H,9-62H2,1-8H3,(H,79,80)(H,81,82)/t65?,66?,67-,68-,69-/m1/s1. The second kappa shape index (κ2) is 62.6. The average Bonchev–Trinajstić information content (AvgIpc) is 2.99. The minimum absolute atomic E-state index is 0.105. The summed E-state index contributed by atoms with van der Waals surface area (Å²) in [5, 5.41) is 10.6. The van der Waals surface area contributed by atoms with Gasteiger partial charge in [-0.1, -0.05) is 312 Å². The Morgan fingerprint density at radius 2 is 0.522 bits per heavy atom. The highest BCUT2D eigenvalue weighted by Crippen LogP contribution is 2.45. The molecule has 3 N–H and O–H groups in total. The predicted molar refractivity (Wildman–Crippen MR) is 372 cm³/mol. The van der Waals surface area contributed by atoms with Crippen LogP contribution in [0.2, 0.25) is 0 Å². The van der Waals surface area contributed by atoms with Gasteiger partial charge in [-0.3, -0.25) is 37.3 Å². The lowest BCUT2D eigenvalue weighted by Gasteiger charge is -2.21. The number of phosphoric acid groups is 2. The van der Waals surface area contributed by atoms with Crippen LogP contribution in [0.3, 0.4) is 0 Å². The van der Waals surface area contributed by atoms with Crippen molar-refractivity contribution in [1.82, 2.24) is 0 Å². The van der Waals surface area contributed by atoms with Crippen LogP contribution in [0.4, 0.5) is 0 Å². The SMILES string of the molecule is CCC(C)CCCCCCCCC(=O)OC[C@H](COP(=O)(O)OC[C@@H](O)COP(=O)(O)OC[C@@H](COC(=O)CCCCCCCCC(C)CC)OC(=O)CCCCCCCCCCCCCCC(C)C)OC(=O)CCCCCCCCCCCCCCCCC(C)C. The number of carbonyl (C=O) groups is 4. The lowest BCUT2D eigenvalue weighted by Crippen LogP contribution is -2.30. The predicted octanol–water partition coefficient (Wildman–Crippen LogP) is 20.9. The molecule has 0 amide bonds. The van der Waals surface area contributed by atoms with Crippen LogP contribution in [0.15, 0.2) is 0 Å². The summed E-state index contributed by atoms with van der Waals surface area (Å²) >= 11 is 0. The number of hydrogen-bond donors (Lipinski definition) is 3. The minimum atomic E-state index is -4.95. The van der Waals surface area contributed by atoms with E-state index < -0.39 is 97.5 Å². The molecule has 546 valence electrons. The van der Waals surface area contributed by atoms with Gasteiger partial charge in [0.25, 0.3) is 0 Å². The molecule has 0 radical (unpaired) electrons. The lowest BCUT2D eigenvalue weighted by molar-refractivity contribution is -0.161. The molecule has 0 aliphatic rings. The third kappa shape index (κ3) is 64.1. The molecule has 4 unspecified atom stereocenters. The van der Waals surface area contributed by atoms with Gasteiger partial charge in [0.1, 0.15) is 19.3 Å². The van der Waals surface area contributed by atoms with E-state index in [1.165, 1.54) is 154 Å². The van der Waals surface area contributed by atoms with Crippen molar-refractivity contribution in [2.24, 2.45) is 23.7 Å². The maximum absolute atomic E-state index is 13.0. The summed E-state index contributed by atoms with van der Waals surface area (Å²) in [4.78, 5) is 72.7. The molecule has 0 aliphatic heterocycles. The van der Waals surface area contributed by atoms with Crippen molar-refractivity contribution in [3.63, 3.8) is 0 Å². The number of esters is 4. The fourth-order valence-electron chi connectivity index (χ4n) is 11.0. The van der Waals surface area contributed by atoms with Crippen molar-refractivity contribution >= 4 is 39.5 Å². The van der Waals surface area contributed by atoms with E-state index in [-0.39, 0.29) is 25.7 Å². The lowest BCUT2D eigenvalue weighted by atomic mass is 10.00. The molecule has 0 saturated carbocycles. The van der Waals surface area contributed by atoms with Gasteiger partial charge >= 0.3 is 39.5 Å². The van der Waals surface area contributed by atoms with E-state index in [1.807, 2.05) is 0 Å². The summed E-state index contributed by atoms with van der Waals surface area (Å²) in [5.41, 5.74) is 0. The van der Waals surface area contributed by atoms with E-state index in [9.17, 15) is 43.2 Å². The third-order valence-corrected chi connectivity index (χ3v) is 19.4. The van der Waals surface area contributed by atoms with Crippen LogP contribution < -0.4 is 0 Å². The first-order valence-corrected chi connectivity index (χ1v) is 40.8. The van der Waals surface area contributed by atoms with Gasteiger partial charge in [-0.2, -0.15) is 0 Å². The second-order valence-electron chi connectivity index (χ2n) is 27.8. The molecule has 0 aromatic heterocycles. The number of carbonyl (C=O) groups excluding carboxylic acids is 4. The monoisotopic (exact) mass is 1350 g/mol. The van der Waals surface area contributed by atoms with Crippen molar-refractivity contribution in [3.8, 4) is 0 Å². The first-order valence-electron chi connectivity index (χ1n) is 37.8. The van der Waals surface area contributed by atoms with Crippen LogP contribution in [0, 0.1) is 23.7 Å². The fourth-order valence-corrected chi connectivity index (χ4v) is 12.5. The highest BCUT2D eigenvalue weighted by Gasteiger charge is 2.30. The van der Waals surface area contributed by atoms with Gasteiger partial charge in [-0.25, -0.2) is 9.13 Å². The van der Waals surface area contributed by atoms with Crippen LogP contribution in [-0.2, 0) is 65.4 Å². The highest BCUT2D eigenvalue weighted by atomic mass is 31.2. The van der Waals surface area contributed by atoms with Crippen LogP contribution in [0.25, 0.3) is 0 Å². The van der Waals surface area contributed by atoms with Gasteiger partial charge < -0.3 is 33.8 Å². The van der Waals surface area contributed by atoms with E-state index >= 15 is 0 Å². The van der Waals surface area contributed by atoms with Gasteiger partial charge in [0.15, 0.2) is 12.2 Å². The van der Waals surface area contributed by atoms with Crippen LogP contribution in [0.1, 0.15) is 364 Å². The third-order valence-electron chi connectivity index (χ3n) is 17.5. The van der Waals surface area contributed by atoms with E-state index in [4.69, 9.17) is 37.0 Å². The molecule has 0 spiro atoms. The van der Waals surface area contributed by atoms with E-state index in [2.05, 4.69) is 55.4 Å². The number of rotatable bonds is 70. The fraction of sp³-hybridized carbons (Fsp3) is 0.945. The Kier molecular flexibility index (Phi) is 61.3.